The van der Waals surface area contributed by atoms with Gasteiger partial charge in [-0.25, -0.2) is 4.79 Å². The molecular weight excluding hydrogens is 434 g/mol. The third kappa shape index (κ3) is 6.36. The van der Waals surface area contributed by atoms with Crippen LogP contribution in [0.15, 0.2) is 60.8 Å². The van der Waals surface area contributed by atoms with E-state index in [9.17, 15) is 9.59 Å². The smallest absolute Gasteiger partial charge is 0.415 e. The van der Waals surface area contributed by atoms with Gasteiger partial charge in [0.05, 0.1) is 25.9 Å². The number of morpholine rings is 1. The zero-order chi connectivity index (χ0) is 23.8. The van der Waals surface area contributed by atoms with Crippen LogP contribution in [0.25, 0.3) is 0 Å². The highest BCUT2D eigenvalue weighted by atomic mass is 16.6. The summed E-state index contributed by atoms with van der Waals surface area (Å²) in [5, 5.41) is 0. The van der Waals surface area contributed by atoms with E-state index >= 15 is 0 Å². The summed E-state index contributed by atoms with van der Waals surface area (Å²) in [7, 11) is 1.67. The number of hydrogen-bond donors (Lipinski definition) is 0. The molecule has 2 fully saturated rings. The Kier molecular flexibility index (Phi) is 8.17. The molecule has 8 heteroatoms. The molecule has 0 bridgehead atoms. The van der Waals surface area contributed by atoms with Crippen LogP contribution in [0.2, 0.25) is 0 Å². The Hall–Kier alpha value is -3.36. The average molecular weight is 466 g/mol. The van der Waals surface area contributed by atoms with Gasteiger partial charge in [-0.05, 0) is 29.8 Å². The quantitative estimate of drug-likeness (QED) is 0.460. The van der Waals surface area contributed by atoms with Gasteiger partial charge in [-0.1, -0.05) is 24.3 Å². The van der Waals surface area contributed by atoms with E-state index in [0.29, 0.717) is 31.9 Å². The van der Waals surface area contributed by atoms with Gasteiger partial charge in [-0.3, -0.25) is 9.69 Å². The van der Waals surface area contributed by atoms with E-state index in [0.717, 1.165) is 38.5 Å². The topological polar surface area (TPSA) is 71.6 Å². The summed E-state index contributed by atoms with van der Waals surface area (Å²) in [5.41, 5.74) is 1.63. The van der Waals surface area contributed by atoms with Crippen molar-refractivity contribution in [1.82, 2.24) is 14.7 Å². The second-order valence-corrected chi connectivity index (χ2v) is 8.30. The van der Waals surface area contributed by atoms with Crippen molar-refractivity contribution >= 4 is 11.9 Å². The largest absolute Gasteiger partial charge is 0.497 e. The summed E-state index contributed by atoms with van der Waals surface area (Å²) >= 11 is 0. The molecule has 2 aromatic rings. The third-order valence-corrected chi connectivity index (χ3v) is 6.03. The molecule has 0 unspecified atom stereocenters. The maximum absolute atomic E-state index is 12.9. The third-order valence-electron chi connectivity index (χ3n) is 6.03. The molecule has 0 N–H and O–H groups in total. The lowest BCUT2D eigenvalue weighted by Crippen LogP contribution is -2.43. The molecule has 2 aliphatic rings. The molecule has 2 saturated heterocycles. The fraction of sp³-hybridized carbons (Fsp3) is 0.385. The number of ether oxygens (including phenoxy) is 3. The zero-order valence-corrected chi connectivity index (χ0v) is 19.5. The number of ketones is 1. The molecule has 0 aliphatic carbocycles. The minimum absolute atomic E-state index is 0.189. The first kappa shape index (κ1) is 23.8. The van der Waals surface area contributed by atoms with Crippen molar-refractivity contribution in [2.24, 2.45) is 0 Å². The van der Waals surface area contributed by atoms with Crippen LogP contribution in [0.5, 0.6) is 11.5 Å². The standard InChI is InChI=1S/C26H31N3O5/c1-32-22-8-6-21(7-9-22)20-28-14-12-27(13-15-28)11-10-24(30)23-4-2-3-5-25(23)34-26(31)29-16-18-33-19-17-29/h2-11H,12-20H2,1H3. The molecule has 0 aromatic heterocycles. The van der Waals surface area contributed by atoms with Gasteiger partial charge >= 0.3 is 6.09 Å². The van der Waals surface area contributed by atoms with Crippen LogP contribution in [0, 0.1) is 0 Å². The van der Waals surface area contributed by atoms with Crippen molar-refractivity contribution in [3.8, 4) is 11.5 Å². The Labute approximate surface area is 200 Å². The van der Waals surface area contributed by atoms with Crippen LogP contribution in [0.1, 0.15) is 15.9 Å². The minimum Gasteiger partial charge on any atom is -0.497 e. The number of carbonyl (C=O) groups excluding carboxylic acids is 2. The molecule has 8 nitrogen and oxygen atoms in total. The Morgan fingerprint density at radius 1 is 0.941 bits per heavy atom. The van der Waals surface area contributed by atoms with Crippen LogP contribution in [-0.2, 0) is 11.3 Å². The molecule has 0 radical (unpaired) electrons. The molecule has 1 amide bonds. The molecule has 2 aromatic carbocycles. The van der Waals surface area contributed by atoms with E-state index in [2.05, 4.69) is 21.9 Å². The Bertz CT molecular complexity index is 994. The fourth-order valence-electron chi connectivity index (χ4n) is 3.99. The number of methoxy groups -OCH3 is 1. The van der Waals surface area contributed by atoms with E-state index < -0.39 is 6.09 Å². The maximum atomic E-state index is 12.9. The first-order chi connectivity index (χ1) is 16.6. The zero-order valence-electron chi connectivity index (χ0n) is 19.5. The summed E-state index contributed by atoms with van der Waals surface area (Å²) in [6.45, 7) is 6.36. The van der Waals surface area contributed by atoms with Crippen molar-refractivity contribution in [3.05, 3.63) is 71.9 Å². The number of nitrogens with zero attached hydrogens (tertiary/aromatic N) is 3. The first-order valence-corrected chi connectivity index (χ1v) is 11.6. The Morgan fingerprint density at radius 3 is 2.35 bits per heavy atom. The number of carbonyl (C=O) groups is 2. The van der Waals surface area contributed by atoms with Crippen LogP contribution in [0.4, 0.5) is 4.79 Å². The van der Waals surface area contributed by atoms with Crippen LogP contribution in [-0.4, -0.2) is 86.2 Å². The highest BCUT2D eigenvalue weighted by Crippen LogP contribution is 2.21. The Morgan fingerprint density at radius 2 is 1.65 bits per heavy atom. The number of hydrogen-bond acceptors (Lipinski definition) is 7. The molecule has 4 rings (SSSR count). The van der Waals surface area contributed by atoms with Gasteiger partial charge in [0.1, 0.15) is 11.5 Å². The lowest BCUT2D eigenvalue weighted by molar-refractivity contribution is 0.0415. The normalized spacial score (nSPS) is 17.1. The van der Waals surface area contributed by atoms with Crippen molar-refractivity contribution in [2.45, 2.75) is 6.54 Å². The molecule has 2 heterocycles. The van der Waals surface area contributed by atoms with E-state index in [4.69, 9.17) is 14.2 Å². The predicted molar refractivity (Wildman–Crippen MR) is 128 cm³/mol. The highest BCUT2D eigenvalue weighted by Gasteiger charge is 2.21. The van der Waals surface area contributed by atoms with Crippen molar-refractivity contribution in [1.29, 1.82) is 0 Å². The number of para-hydroxylation sites is 1. The van der Waals surface area contributed by atoms with E-state index in [-0.39, 0.29) is 11.5 Å². The van der Waals surface area contributed by atoms with Gasteiger partial charge in [0.15, 0.2) is 5.78 Å². The van der Waals surface area contributed by atoms with E-state index in [1.54, 1.807) is 42.4 Å². The van der Waals surface area contributed by atoms with Gasteiger partial charge in [0.25, 0.3) is 0 Å². The molecule has 0 saturated carbocycles. The lowest BCUT2D eigenvalue weighted by atomic mass is 10.1. The SMILES string of the molecule is COc1ccc(CN2CCN(C=CC(=O)c3ccccc3OC(=O)N3CCOCC3)CC2)cc1. The summed E-state index contributed by atoms with van der Waals surface area (Å²) in [6.07, 6.45) is 2.94. The van der Waals surface area contributed by atoms with Crippen molar-refractivity contribution in [2.75, 3.05) is 59.6 Å². The number of benzene rings is 2. The second kappa shape index (κ2) is 11.7. The van der Waals surface area contributed by atoms with Crippen molar-refractivity contribution in [3.63, 3.8) is 0 Å². The van der Waals surface area contributed by atoms with Gasteiger partial charge < -0.3 is 24.0 Å². The van der Waals surface area contributed by atoms with Crippen LogP contribution in [0.3, 0.4) is 0 Å². The van der Waals surface area contributed by atoms with Gasteiger partial charge in [-0.15, -0.1) is 0 Å². The first-order valence-electron chi connectivity index (χ1n) is 11.6. The summed E-state index contributed by atoms with van der Waals surface area (Å²) in [5.74, 6) is 0.949. The fourth-order valence-corrected chi connectivity index (χ4v) is 3.99. The predicted octanol–water partition coefficient (Wildman–Crippen LogP) is 3.04. The average Bonchev–Trinajstić information content (AvgIpc) is 2.89. The Balaban J connectivity index is 1.29. The molecule has 2 aliphatic heterocycles. The van der Waals surface area contributed by atoms with E-state index in [1.165, 1.54) is 5.56 Å². The second-order valence-electron chi connectivity index (χ2n) is 8.30. The van der Waals surface area contributed by atoms with Crippen LogP contribution < -0.4 is 9.47 Å². The molecule has 34 heavy (non-hydrogen) atoms. The van der Waals surface area contributed by atoms with Gasteiger partial charge in [0, 0.05) is 58.1 Å². The monoisotopic (exact) mass is 465 g/mol. The highest BCUT2D eigenvalue weighted by molar-refractivity contribution is 6.06. The van der Waals surface area contributed by atoms with Gasteiger partial charge in [-0.2, -0.15) is 0 Å². The summed E-state index contributed by atoms with van der Waals surface area (Å²) in [6, 6.07) is 15.0. The molecule has 0 spiro atoms. The minimum atomic E-state index is -0.458. The van der Waals surface area contributed by atoms with Crippen molar-refractivity contribution < 1.29 is 23.8 Å². The lowest BCUT2D eigenvalue weighted by Gasteiger charge is -2.34. The number of allylic oxidation sites excluding steroid dienone is 1. The summed E-state index contributed by atoms with van der Waals surface area (Å²) < 4.78 is 16.0. The molecule has 180 valence electrons. The molecular formula is C26H31N3O5. The van der Waals surface area contributed by atoms with Crippen LogP contribution >= 0.6 is 0 Å². The molecule has 0 atom stereocenters. The number of amides is 1. The number of piperazine rings is 1. The maximum Gasteiger partial charge on any atom is 0.415 e. The number of rotatable bonds is 7. The summed E-state index contributed by atoms with van der Waals surface area (Å²) in [4.78, 5) is 31.4. The van der Waals surface area contributed by atoms with Gasteiger partial charge in [0.2, 0.25) is 0 Å². The van der Waals surface area contributed by atoms with E-state index in [1.807, 2.05) is 18.3 Å².